The molecule has 0 radical (unpaired) electrons. The third kappa shape index (κ3) is 6.73. The molecule has 1 heterocycles. The highest BCUT2D eigenvalue weighted by molar-refractivity contribution is 8.00. The highest BCUT2D eigenvalue weighted by atomic mass is 35.5. The Morgan fingerprint density at radius 3 is 2.33 bits per heavy atom. The Labute approximate surface area is 236 Å². The second kappa shape index (κ2) is 11.9. The normalized spacial score (nSPS) is 11.7. The van der Waals surface area contributed by atoms with Crippen LogP contribution in [-0.2, 0) is 4.79 Å². The van der Waals surface area contributed by atoms with Crippen LogP contribution in [0.15, 0.2) is 70.9 Å². The molecule has 1 atom stereocenters. The summed E-state index contributed by atoms with van der Waals surface area (Å²) in [6.45, 7) is 1.81. The van der Waals surface area contributed by atoms with Crippen molar-refractivity contribution in [2.75, 3.05) is 10.6 Å². The van der Waals surface area contributed by atoms with E-state index in [4.69, 9.17) is 46.4 Å². The summed E-state index contributed by atoms with van der Waals surface area (Å²) >= 11 is 26.8. The zero-order chi connectivity index (χ0) is 25.8. The highest BCUT2D eigenvalue weighted by Gasteiger charge is 2.17. The standard InChI is InChI=1S/C25H17Cl4N3O2S2/c1-13(23(33)32-25-31-22(12-35-25)14-2-9-19(27)21(29)10-14)36-17-6-4-16(5-7-17)30-24(34)18-8-3-15(26)11-20(18)28/h2-13H,1H3,(H,30,34)(H,31,32,33). The fourth-order valence-electron chi connectivity index (χ4n) is 3.07. The van der Waals surface area contributed by atoms with Crippen LogP contribution in [0.4, 0.5) is 10.8 Å². The number of thioether (sulfide) groups is 1. The number of nitrogens with one attached hydrogen (secondary N) is 2. The first kappa shape index (κ1) is 26.8. The van der Waals surface area contributed by atoms with Gasteiger partial charge in [0.15, 0.2) is 5.13 Å². The Bertz CT molecular complexity index is 1430. The molecule has 4 aromatic rings. The van der Waals surface area contributed by atoms with Crippen molar-refractivity contribution in [2.24, 2.45) is 0 Å². The van der Waals surface area contributed by atoms with E-state index < -0.39 is 0 Å². The lowest BCUT2D eigenvalue weighted by atomic mass is 10.2. The third-order valence-electron chi connectivity index (χ3n) is 4.92. The van der Waals surface area contributed by atoms with E-state index in [1.54, 1.807) is 36.4 Å². The second-order valence-corrected chi connectivity index (χ2v) is 11.4. The second-order valence-electron chi connectivity index (χ2n) is 7.52. The van der Waals surface area contributed by atoms with Gasteiger partial charge >= 0.3 is 0 Å². The zero-order valence-electron chi connectivity index (χ0n) is 18.5. The molecule has 1 unspecified atom stereocenters. The maximum absolute atomic E-state index is 12.7. The molecule has 184 valence electrons. The van der Waals surface area contributed by atoms with Crippen molar-refractivity contribution in [1.29, 1.82) is 0 Å². The number of anilines is 2. The van der Waals surface area contributed by atoms with Gasteiger partial charge in [0, 0.05) is 26.5 Å². The lowest BCUT2D eigenvalue weighted by Crippen LogP contribution is -2.22. The van der Waals surface area contributed by atoms with Crippen molar-refractivity contribution < 1.29 is 9.59 Å². The number of halogens is 4. The SMILES string of the molecule is CC(Sc1ccc(NC(=O)c2ccc(Cl)cc2Cl)cc1)C(=O)Nc1nc(-c2ccc(Cl)c(Cl)c2)cs1. The molecule has 0 bridgehead atoms. The van der Waals surface area contributed by atoms with Crippen LogP contribution in [0.25, 0.3) is 11.3 Å². The number of rotatable bonds is 7. The lowest BCUT2D eigenvalue weighted by Gasteiger charge is -2.11. The number of hydrogen-bond acceptors (Lipinski definition) is 5. The molecule has 0 aliphatic heterocycles. The summed E-state index contributed by atoms with van der Waals surface area (Å²) in [5.74, 6) is -0.515. The summed E-state index contributed by atoms with van der Waals surface area (Å²) in [5, 5.41) is 9.25. The van der Waals surface area contributed by atoms with Gasteiger partial charge in [-0.3, -0.25) is 9.59 Å². The number of amides is 2. The van der Waals surface area contributed by atoms with Crippen LogP contribution in [0.3, 0.4) is 0 Å². The third-order valence-corrected chi connectivity index (χ3v) is 8.08. The number of benzene rings is 3. The van der Waals surface area contributed by atoms with Gasteiger partial charge in [-0.25, -0.2) is 4.98 Å². The maximum atomic E-state index is 12.7. The molecule has 0 aliphatic rings. The quantitative estimate of drug-likeness (QED) is 0.209. The smallest absolute Gasteiger partial charge is 0.257 e. The Morgan fingerprint density at radius 2 is 1.64 bits per heavy atom. The monoisotopic (exact) mass is 595 g/mol. The first-order valence-corrected chi connectivity index (χ1v) is 13.7. The van der Waals surface area contributed by atoms with E-state index in [0.29, 0.717) is 37.1 Å². The number of nitrogens with zero attached hydrogens (tertiary/aromatic N) is 1. The van der Waals surface area contributed by atoms with E-state index in [0.717, 1.165) is 10.5 Å². The van der Waals surface area contributed by atoms with Crippen molar-refractivity contribution >= 4 is 92.1 Å². The van der Waals surface area contributed by atoms with Crippen molar-refractivity contribution in [2.45, 2.75) is 17.1 Å². The molecule has 0 saturated heterocycles. The molecule has 0 aliphatic carbocycles. The Morgan fingerprint density at radius 1 is 0.889 bits per heavy atom. The summed E-state index contributed by atoms with van der Waals surface area (Å²) < 4.78 is 0. The van der Waals surface area contributed by atoms with E-state index in [9.17, 15) is 9.59 Å². The van der Waals surface area contributed by atoms with Gasteiger partial charge in [0.25, 0.3) is 5.91 Å². The molecule has 1 aromatic heterocycles. The first-order chi connectivity index (χ1) is 17.2. The summed E-state index contributed by atoms with van der Waals surface area (Å²) in [7, 11) is 0. The van der Waals surface area contributed by atoms with Gasteiger partial charge in [0.1, 0.15) is 0 Å². The van der Waals surface area contributed by atoms with E-state index in [1.165, 1.54) is 29.2 Å². The Hall–Kier alpha value is -2.26. The van der Waals surface area contributed by atoms with Gasteiger partial charge in [-0.1, -0.05) is 52.5 Å². The van der Waals surface area contributed by atoms with E-state index in [1.807, 2.05) is 30.5 Å². The minimum absolute atomic E-state index is 0.176. The molecular formula is C25H17Cl4N3O2S2. The molecule has 0 spiro atoms. The molecular weight excluding hydrogens is 580 g/mol. The van der Waals surface area contributed by atoms with E-state index in [-0.39, 0.29) is 22.1 Å². The topological polar surface area (TPSA) is 71.1 Å². The molecule has 3 aromatic carbocycles. The van der Waals surface area contributed by atoms with Crippen LogP contribution in [0, 0.1) is 0 Å². The highest BCUT2D eigenvalue weighted by Crippen LogP contribution is 2.31. The van der Waals surface area contributed by atoms with Crippen LogP contribution in [-0.4, -0.2) is 22.0 Å². The average molecular weight is 597 g/mol. The fraction of sp³-hybridized carbons (Fsp3) is 0.0800. The summed E-state index contributed by atoms with van der Waals surface area (Å²) in [6, 6.07) is 17.2. The van der Waals surface area contributed by atoms with Gasteiger partial charge in [-0.05, 0) is 61.5 Å². The van der Waals surface area contributed by atoms with Crippen molar-refractivity contribution in [3.8, 4) is 11.3 Å². The predicted molar refractivity (Wildman–Crippen MR) is 152 cm³/mol. The number of thiazole rings is 1. The minimum atomic E-state index is -0.379. The van der Waals surface area contributed by atoms with Crippen molar-refractivity contribution in [3.05, 3.63) is 91.7 Å². The molecule has 36 heavy (non-hydrogen) atoms. The molecule has 0 saturated carbocycles. The van der Waals surface area contributed by atoms with E-state index >= 15 is 0 Å². The van der Waals surface area contributed by atoms with Crippen LogP contribution >= 0.6 is 69.5 Å². The summed E-state index contributed by atoms with van der Waals surface area (Å²) in [5.41, 5.74) is 2.44. The Balaban J connectivity index is 1.33. The molecule has 11 heteroatoms. The van der Waals surface area contributed by atoms with Crippen LogP contribution in [0.2, 0.25) is 20.1 Å². The van der Waals surface area contributed by atoms with Crippen LogP contribution < -0.4 is 10.6 Å². The number of aromatic nitrogens is 1. The van der Waals surface area contributed by atoms with Gasteiger partial charge in [0.05, 0.1) is 31.6 Å². The van der Waals surface area contributed by atoms with Gasteiger partial charge in [0.2, 0.25) is 5.91 Å². The zero-order valence-corrected chi connectivity index (χ0v) is 23.2. The van der Waals surface area contributed by atoms with Crippen molar-refractivity contribution in [1.82, 2.24) is 4.98 Å². The minimum Gasteiger partial charge on any atom is -0.322 e. The maximum Gasteiger partial charge on any atom is 0.257 e. The summed E-state index contributed by atoms with van der Waals surface area (Å²) in [6.07, 6.45) is 0. The number of carbonyl (C=O) groups excluding carboxylic acids is 2. The fourth-order valence-corrected chi connectivity index (χ4v) is 5.46. The molecule has 2 N–H and O–H groups in total. The first-order valence-electron chi connectivity index (χ1n) is 10.4. The number of hydrogen-bond donors (Lipinski definition) is 2. The van der Waals surface area contributed by atoms with Gasteiger partial charge in [-0.2, -0.15) is 0 Å². The largest absolute Gasteiger partial charge is 0.322 e. The van der Waals surface area contributed by atoms with Crippen LogP contribution in [0.5, 0.6) is 0 Å². The van der Waals surface area contributed by atoms with Gasteiger partial charge in [-0.15, -0.1) is 23.1 Å². The average Bonchev–Trinajstić information content (AvgIpc) is 3.30. The van der Waals surface area contributed by atoms with E-state index in [2.05, 4.69) is 15.6 Å². The van der Waals surface area contributed by atoms with Crippen LogP contribution in [0.1, 0.15) is 17.3 Å². The van der Waals surface area contributed by atoms with Gasteiger partial charge < -0.3 is 10.6 Å². The molecule has 0 fully saturated rings. The summed E-state index contributed by atoms with van der Waals surface area (Å²) in [4.78, 5) is 30.5. The Kier molecular flexibility index (Phi) is 8.83. The lowest BCUT2D eigenvalue weighted by molar-refractivity contribution is -0.115. The molecule has 4 rings (SSSR count). The molecule has 2 amide bonds. The number of carbonyl (C=O) groups is 2. The predicted octanol–water partition coefficient (Wildman–Crippen LogP) is 8.80. The van der Waals surface area contributed by atoms with Crippen molar-refractivity contribution in [3.63, 3.8) is 0 Å². The molecule has 5 nitrogen and oxygen atoms in total.